The number of aromatic nitrogens is 4. The fraction of sp³-hybridized carbons (Fsp3) is 0.625. The summed E-state index contributed by atoms with van der Waals surface area (Å²) < 4.78 is 12.6. The Morgan fingerprint density at radius 2 is 2.17 bits per heavy atom. The number of aryl methyl sites for hydroxylation is 3. The van der Waals surface area contributed by atoms with Gasteiger partial charge in [0.2, 0.25) is 5.91 Å². The molecule has 130 valence electrons. The van der Waals surface area contributed by atoms with Crippen molar-refractivity contribution in [3.05, 3.63) is 29.2 Å². The Morgan fingerprint density at radius 1 is 1.42 bits per heavy atom. The molecule has 8 nitrogen and oxygen atoms in total. The van der Waals surface area contributed by atoms with Crippen molar-refractivity contribution in [1.29, 1.82) is 0 Å². The van der Waals surface area contributed by atoms with Crippen molar-refractivity contribution in [1.82, 2.24) is 24.8 Å². The van der Waals surface area contributed by atoms with Crippen molar-refractivity contribution >= 4 is 5.91 Å². The van der Waals surface area contributed by atoms with E-state index in [1.807, 2.05) is 36.4 Å². The highest BCUT2D eigenvalue weighted by Gasteiger charge is 2.32. The van der Waals surface area contributed by atoms with Crippen molar-refractivity contribution in [2.24, 2.45) is 0 Å². The molecule has 0 radical (unpaired) electrons. The lowest BCUT2D eigenvalue weighted by Crippen LogP contribution is -2.55. The minimum atomic E-state index is 0.0325. The summed E-state index contributed by atoms with van der Waals surface area (Å²) >= 11 is 0. The predicted octanol–water partition coefficient (Wildman–Crippen LogP) is 1.57. The third-order valence-electron chi connectivity index (χ3n) is 4.15. The van der Waals surface area contributed by atoms with E-state index in [1.54, 1.807) is 6.92 Å². The predicted molar refractivity (Wildman–Crippen MR) is 85.2 cm³/mol. The first-order valence-electron chi connectivity index (χ1n) is 8.13. The average molecular weight is 333 g/mol. The zero-order valence-corrected chi connectivity index (χ0v) is 14.5. The van der Waals surface area contributed by atoms with E-state index >= 15 is 0 Å². The first kappa shape index (κ1) is 16.6. The van der Waals surface area contributed by atoms with Crippen LogP contribution in [-0.4, -0.2) is 49.9 Å². The maximum absolute atomic E-state index is 12.3. The molecule has 1 aliphatic heterocycles. The Morgan fingerprint density at radius 3 is 2.75 bits per heavy atom. The molecule has 0 bridgehead atoms. The van der Waals surface area contributed by atoms with Crippen LogP contribution >= 0.6 is 0 Å². The van der Waals surface area contributed by atoms with Gasteiger partial charge in [-0.3, -0.25) is 9.48 Å². The first-order chi connectivity index (χ1) is 11.4. The monoisotopic (exact) mass is 333 g/mol. The Bertz CT molecular complexity index is 717. The zero-order chi connectivity index (χ0) is 17.3. The van der Waals surface area contributed by atoms with Crippen molar-refractivity contribution in [3.63, 3.8) is 0 Å². The summed E-state index contributed by atoms with van der Waals surface area (Å²) in [6.07, 6.45) is 0.475. The molecular weight excluding hydrogens is 310 g/mol. The highest BCUT2D eigenvalue weighted by atomic mass is 16.5. The number of carbonyl (C=O) groups is 1. The molecule has 1 amide bonds. The van der Waals surface area contributed by atoms with Gasteiger partial charge in [0.1, 0.15) is 6.61 Å². The van der Waals surface area contributed by atoms with E-state index in [1.165, 1.54) is 0 Å². The number of carbonyl (C=O) groups excluding carboxylic acids is 1. The van der Waals surface area contributed by atoms with Gasteiger partial charge in [-0.2, -0.15) is 10.1 Å². The maximum atomic E-state index is 12.3. The largest absolute Gasteiger partial charge is 0.365 e. The lowest BCUT2D eigenvalue weighted by Gasteiger charge is -2.39. The number of hydrogen-bond donors (Lipinski definition) is 0. The molecule has 0 saturated carbocycles. The lowest BCUT2D eigenvalue weighted by atomic mass is 10.1. The summed E-state index contributed by atoms with van der Waals surface area (Å²) in [5.74, 6) is 1.19. The van der Waals surface area contributed by atoms with Gasteiger partial charge >= 0.3 is 0 Å². The van der Waals surface area contributed by atoms with E-state index in [4.69, 9.17) is 9.26 Å². The fourth-order valence-electron chi connectivity index (χ4n) is 2.90. The molecule has 1 saturated heterocycles. The zero-order valence-electron chi connectivity index (χ0n) is 14.5. The molecule has 2 aromatic heterocycles. The summed E-state index contributed by atoms with van der Waals surface area (Å²) in [4.78, 5) is 18.2. The van der Waals surface area contributed by atoms with Gasteiger partial charge in [0.05, 0.1) is 17.8 Å². The van der Waals surface area contributed by atoms with Crippen LogP contribution in [0.1, 0.15) is 42.5 Å². The SMILES string of the molecule is Cc1cc(C)n(C(C)CC(=O)N2CC(OCc3nc(C)no3)C2)n1. The van der Waals surface area contributed by atoms with Crippen molar-refractivity contribution in [2.45, 2.75) is 52.9 Å². The van der Waals surface area contributed by atoms with Gasteiger partial charge in [-0.05, 0) is 33.8 Å². The Hall–Kier alpha value is -2.22. The topological polar surface area (TPSA) is 86.3 Å². The summed E-state index contributed by atoms with van der Waals surface area (Å²) in [6, 6.07) is 2.07. The average Bonchev–Trinajstić information content (AvgIpc) is 3.02. The second-order valence-electron chi connectivity index (χ2n) is 6.39. The molecule has 1 fully saturated rings. The Kier molecular flexibility index (Phi) is 4.66. The molecule has 8 heteroatoms. The van der Waals surface area contributed by atoms with Gasteiger partial charge < -0.3 is 14.2 Å². The molecule has 24 heavy (non-hydrogen) atoms. The van der Waals surface area contributed by atoms with Crippen molar-refractivity contribution in [2.75, 3.05) is 13.1 Å². The molecule has 0 spiro atoms. The molecule has 2 aromatic rings. The van der Waals surface area contributed by atoms with E-state index in [9.17, 15) is 4.79 Å². The van der Waals surface area contributed by atoms with E-state index in [2.05, 4.69) is 15.2 Å². The number of amides is 1. The van der Waals surface area contributed by atoms with Crippen LogP contribution in [0.3, 0.4) is 0 Å². The second-order valence-corrected chi connectivity index (χ2v) is 6.39. The molecule has 1 aliphatic rings. The number of ether oxygens (including phenoxy) is 1. The van der Waals surface area contributed by atoms with Crippen LogP contribution in [0.2, 0.25) is 0 Å². The lowest BCUT2D eigenvalue weighted by molar-refractivity contribution is -0.147. The quantitative estimate of drug-likeness (QED) is 0.797. The third kappa shape index (κ3) is 3.64. The highest BCUT2D eigenvalue weighted by molar-refractivity contribution is 5.77. The van der Waals surface area contributed by atoms with Crippen LogP contribution in [0.5, 0.6) is 0 Å². The molecular formula is C16H23N5O3. The van der Waals surface area contributed by atoms with E-state index < -0.39 is 0 Å². The summed E-state index contributed by atoms with van der Waals surface area (Å²) in [6.45, 7) is 9.25. The van der Waals surface area contributed by atoms with Gasteiger partial charge in [0, 0.05) is 25.2 Å². The third-order valence-corrected chi connectivity index (χ3v) is 4.15. The molecule has 0 N–H and O–H groups in total. The molecule has 0 aliphatic carbocycles. The van der Waals surface area contributed by atoms with Gasteiger partial charge in [0.15, 0.2) is 5.82 Å². The fourth-order valence-corrected chi connectivity index (χ4v) is 2.90. The normalized spacial score (nSPS) is 16.2. The van der Waals surface area contributed by atoms with Gasteiger partial charge in [0.25, 0.3) is 5.89 Å². The molecule has 0 aromatic carbocycles. The van der Waals surface area contributed by atoms with Gasteiger partial charge in [-0.1, -0.05) is 5.16 Å². The van der Waals surface area contributed by atoms with Crippen LogP contribution in [0.25, 0.3) is 0 Å². The Labute approximate surface area is 140 Å². The van der Waals surface area contributed by atoms with Crippen LogP contribution < -0.4 is 0 Å². The summed E-state index contributed by atoms with van der Waals surface area (Å²) in [5, 5.41) is 8.16. The maximum Gasteiger partial charge on any atom is 0.252 e. The van der Waals surface area contributed by atoms with Crippen LogP contribution in [0.15, 0.2) is 10.6 Å². The molecule has 3 heterocycles. The number of hydrogen-bond acceptors (Lipinski definition) is 6. The minimum absolute atomic E-state index is 0.0325. The number of likely N-dealkylation sites (tertiary alicyclic amines) is 1. The summed E-state index contributed by atoms with van der Waals surface area (Å²) in [5.41, 5.74) is 2.05. The second kappa shape index (κ2) is 6.72. The van der Waals surface area contributed by atoms with Crippen LogP contribution in [0, 0.1) is 20.8 Å². The first-order valence-corrected chi connectivity index (χ1v) is 8.13. The highest BCUT2D eigenvalue weighted by Crippen LogP contribution is 2.20. The van der Waals surface area contributed by atoms with Crippen LogP contribution in [0.4, 0.5) is 0 Å². The molecule has 1 atom stereocenters. The Balaban J connectivity index is 1.42. The standard InChI is InChI=1S/C16H23N5O3/c1-10-5-11(2)21(18-10)12(3)6-16(22)20-7-14(8-20)23-9-15-17-13(4)19-24-15/h5,12,14H,6-9H2,1-4H3. The van der Waals surface area contributed by atoms with Crippen molar-refractivity contribution < 1.29 is 14.1 Å². The molecule has 3 rings (SSSR count). The van der Waals surface area contributed by atoms with Crippen molar-refractivity contribution in [3.8, 4) is 0 Å². The molecule has 1 unspecified atom stereocenters. The van der Waals surface area contributed by atoms with Crippen LogP contribution in [-0.2, 0) is 16.1 Å². The van der Waals surface area contributed by atoms with E-state index in [0.29, 0.717) is 31.2 Å². The number of nitrogens with zero attached hydrogens (tertiary/aromatic N) is 5. The number of rotatable bonds is 6. The smallest absolute Gasteiger partial charge is 0.252 e. The minimum Gasteiger partial charge on any atom is -0.365 e. The van der Waals surface area contributed by atoms with Gasteiger partial charge in [-0.25, -0.2) is 0 Å². The van der Waals surface area contributed by atoms with E-state index in [0.717, 1.165) is 11.4 Å². The van der Waals surface area contributed by atoms with E-state index in [-0.39, 0.29) is 24.7 Å². The summed E-state index contributed by atoms with van der Waals surface area (Å²) in [7, 11) is 0. The van der Waals surface area contributed by atoms with Gasteiger partial charge in [-0.15, -0.1) is 0 Å².